The van der Waals surface area contributed by atoms with Crippen molar-refractivity contribution in [1.82, 2.24) is 9.80 Å². The van der Waals surface area contributed by atoms with Crippen LogP contribution in [0.2, 0.25) is 0 Å². The number of hydrogen-bond donors (Lipinski definition) is 0. The summed E-state index contributed by atoms with van der Waals surface area (Å²) in [5, 5.41) is 0. The molecule has 0 aromatic carbocycles. The van der Waals surface area contributed by atoms with Gasteiger partial charge in [-0.05, 0) is 38.5 Å². The fraction of sp³-hybridized carbons (Fsp3) is 0.882. The first-order valence-corrected chi connectivity index (χ1v) is 10.00. The molecule has 24 heavy (non-hydrogen) atoms. The smallest absolute Gasteiger partial charge is 0.260 e. The second-order valence-electron chi connectivity index (χ2n) is 7.70. The van der Waals surface area contributed by atoms with E-state index in [1.165, 1.54) is 0 Å². The number of halogens is 1. The summed E-state index contributed by atoms with van der Waals surface area (Å²) < 4.78 is 20.1. The van der Waals surface area contributed by atoms with Gasteiger partial charge in [-0.2, -0.15) is 0 Å². The fourth-order valence-electron chi connectivity index (χ4n) is 4.15. The van der Waals surface area contributed by atoms with Crippen molar-refractivity contribution < 1.29 is 18.7 Å². The molecular weight excluding hydrogens is 331 g/mol. The van der Waals surface area contributed by atoms with E-state index < -0.39 is 5.67 Å². The average Bonchev–Trinajstić information content (AvgIpc) is 3.17. The van der Waals surface area contributed by atoms with Crippen LogP contribution in [0.4, 0.5) is 4.39 Å². The molecule has 3 heterocycles. The quantitative estimate of drug-likeness (QED) is 0.768. The van der Waals surface area contributed by atoms with Crippen LogP contribution in [-0.2, 0) is 14.3 Å². The molecule has 1 aliphatic carbocycles. The van der Waals surface area contributed by atoms with Gasteiger partial charge >= 0.3 is 0 Å². The minimum Gasteiger partial charge on any atom is -0.367 e. The first-order chi connectivity index (χ1) is 11.5. The van der Waals surface area contributed by atoms with E-state index in [4.69, 9.17) is 4.74 Å². The highest BCUT2D eigenvalue weighted by Crippen LogP contribution is 2.48. The minimum absolute atomic E-state index is 0.0249. The standard InChI is InChI=1S/C17H25FN2O3S/c18-17(4-3-5-17)15(22)20-11-16(12-20)8-13(10-24-16)23-9-14(21)19-6-1-2-7-19/h13H,1-12H2/t13-/m1/s1. The SMILES string of the molecule is O=C(CO[C@H]1CSC2(C1)CN(C(=O)C1(F)CCC1)C2)N1CCCC1. The van der Waals surface area contributed by atoms with Crippen molar-refractivity contribution in [3.8, 4) is 0 Å². The number of rotatable bonds is 4. The molecule has 0 unspecified atom stereocenters. The van der Waals surface area contributed by atoms with Crippen molar-refractivity contribution >= 4 is 23.6 Å². The van der Waals surface area contributed by atoms with E-state index in [9.17, 15) is 14.0 Å². The van der Waals surface area contributed by atoms with E-state index in [2.05, 4.69) is 0 Å². The summed E-state index contributed by atoms with van der Waals surface area (Å²) in [5.74, 6) is 0.637. The zero-order valence-electron chi connectivity index (χ0n) is 14.0. The highest BCUT2D eigenvalue weighted by Gasteiger charge is 2.56. The lowest BCUT2D eigenvalue weighted by molar-refractivity contribution is -0.155. The number of amides is 2. The topological polar surface area (TPSA) is 49.9 Å². The zero-order chi connectivity index (χ0) is 16.8. The van der Waals surface area contributed by atoms with Crippen molar-refractivity contribution in [2.75, 3.05) is 38.5 Å². The fourth-order valence-corrected chi connectivity index (χ4v) is 5.71. The molecule has 1 saturated carbocycles. The van der Waals surface area contributed by atoms with E-state index in [-0.39, 0.29) is 29.3 Å². The summed E-state index contributed by atoms with van der Waals surface area (Å²) in [7, 11) is 0. The highest BCUT2D eigenvalue weighted by molar-refractivity contribution is 8.01. The third-order valence-corrected chi connectivity index (χ3v) is 7.43. The molecule has 0 N–H and O–H groups in total. The van der Waals surface area contributed by atoms with E-state index in [0.717, 1.165) is 44.5 Å². The molecule has 0 aromatic heterocycles. The Morgan fingerprint density at radius 1 is 1.12 bits per heavy atom. The zero-order valence-corrected chi connectivity index (χ0v) is 14.8. The maximum absolute atomic E-state index is 14.2. The Bertz CT molecular complexity index is 528. The van der Waals surface area contributed by atoms with Gasteiger partial charge in [0.25, 0.3) is 5.91 Å². The molecule has 3 saturated heterocycles. The minimum atomic E-state index is -1.58. The Morgan fingerprint density at radius 2 is 1.83 bits per heavy atom. The predicted molar refractivity (Wildman–Crippen MR) is 89.6 cm³/mol. The van der Waals surface area contributed by atoms with Gasteiger partial charge in [0, 0.05) is 31.9 Å². The number of ether oxygens (including phenoxy) is 1. The molecule has 0 bridgehead atoms. The Hall–Kier alpha value is -0.820. The third-order valence-electron chi connectivity index (χ3n) is 5.85. The van der Waals surface area contributed by atoms with Crippen LogP contribution in [0.1, 0.15) is 38.5 Å². The summed E-state index contributed by atoms with van der Waals surface area (Å²) in [6, 6.07) is 0. The van der Waals surface area contributed by atoms with Crippen molar-refractivity contribution in [2.24, 2.45) is 0 Å². The number of carbonyl (C=O) groups is 2. The van der Waals surface area contributed by atoms with Gasteiger partial charge in [-0.3, -0.25) is 9.59 Å². The first-order valence-electron chi connectivity index (χ1n) is 9.01. The second-order valence-corrected chi connectivity index (χ2v) is 9.19. The van der Waals surface area contributed by atoms with Crippen molar-refractivity contribution in [3.63, 3.8) is 0 Å². The summed E-state index contributed by atoms with van der Waals surface area (Å²) in [5.41, 5.74) is -1.58. The summed E-state index contributed by atoms with van der Waals surface area (Å²) in [6.07, 6.45) is 4.69. The maximum Gasteiger partial charge on any atom is 0.260 e. The molecule has 0 radical (unpaired) electrons. The van der Waals surface area contributed by atoms with Gasteiger partial charge in [0.15, 0.2) is 5.67 Å². The number of likely N-dealkylation sites (tertiary alicyclic amines) is 2. The molecule has 5 nitrogen and oxygen atoms in total. The lowest BCUT2D eigenvalue weighted by atomic mass is 9.79. The van der Waals surface area contributed by atoms with Crippen LogP contribution < -0.4 is 0 Å². The molecule has 2 amide bonds. The number of alkyl halides is 1. The van der Waals surface area contributed by atoms with Crippen molar-refractivity contribution in [1.29, 1.82) is 0 Å². The summed E-state index contributed by atoms with van der Waals surface area (Å²) in [4.78, 5) is 27.8. The third kappa shape index (κ3) is 2.94. The van der Waals surface area contributed by atoms with E-state index in [1.54, 1.807) is 4.90 Å². The number of nitrogens with zero attached hydrogens (tertiary/aromatic N) is 2. The first kappa shape index (κ1) is 16.6. The number of hydrogen-bond acceptors (Lipinski definition) is 4. The average molecular weight is 356 g/mol. The summed E-state index contributed by atoms with van der Waals surface area (Å²) in [6.45, 7) is 3.13. The number of thioether (sulfide) groups is 1. The van der Waals surface area contributed by atoms with E-state index in [0.29, 0.717) is 25.9 Å². The Kier molecular flexibility index (Phi) is 4.27. The Balaban J connectivity index is 1.21. The molecule has 134 valence electrons. The molecule has 1 spiro atoms. The second kappa shape index (κ2) is 6.16. The molecule has 0 aromatic rings. The molecule has 4 aliphatic rings. The van der Waals surface area contributed by atoms with Crippen LogP contribution in [0.25, 0.3) is 0 Å². The monoisotopic (exact) mass is 356 g/mol. The molecular formula is C17H25FN2O3S. The maximum atomic E-state index is 14.2. The van der Waals surface area contributed by atoms with Crippen LogP contribution in [0.3, 0.4) is 0 Å². The van der Waals surface area contributed by atoms with Crippen LogP contribution in [0, 0.1) is 0 Å². The van der Waals surface area contributed by atoms with E-state index in [1.807, 2.05) is 16.7 Å². The van der Waals surface area contributed by atoms with Crippen LogP contribution in [0.5, 0.6) is 0 Å². The van der Waals surface area contributed by atoms with Crippen LogP contribution >= 0.6 is 11.8 Å². The van der Waals surface area contributed by atoms with Gasteiger partial charge < -0.3 is 14.5 Å². The van der Waals surface area contributed by atoms with Gasteiger partial charge in [0.05, 0.1) is 10.9 Å². The number of carbonyl (C=O) groups excluding carboxylic acids is 2. The largest absolute Gasteiger partial charge is 0.367 e. The van der Waals surface area contributed by atoms with E-state index >= 15 is 0 Å². The van der Waals surface area contributed by atoms with Crippen molar-refractivity contribution in [3.05, 3.63) is 0 Å². The van der Waals surface area contributed by atoms with Gasteiger partial charge in [-0.15, -0.1) is 11.8 Å². The van der Waals surface area contributed by atoms with Gasteiger partial charge in [-0.1, -0.05) is 0 Å². The van der Waals surface area contributed by atoms with Crippen LogP contribution in [-0.4, -0.2) is 76.7 Å². The normalized spacial score (nSPS) is 30.3. The molecule has 3 aliphatic heterocycles. The lowest BCUT2D eigenvalue weighted by Gasteiger charge is -2.50. The molecule has 1 atom stereocenters. The highest BCUT2D eigenvalue weighted by atomic mass is 32.2. The summed E-state index contributed by atoms with van der Waals surface area (Å²) >= 11 is 1.81. The van der Waals surface area contributed by atoms with Crippen molar-refractivity contribution in [2.45, 2.75) is 55.0 Å². The van der Waals surface area contributed by atoms with Crippen LogP contribution in [0.15, 0.2) is 0 Å². The Labute approximate surface area is 146 Å². The van der Waals surface area contributed by atoms with Gasteiger partial charge in [0.2, 0.25) is 5.91 Å². The molecule has 4 rings (SSSR count). The lowest BCUT2D eigenvalue weighted by Crippen LogP contribution is -2.65. The predicted octanol–water partition coefficient (Wildman–Crippen LogP) is 1.60. The molecule has 4 fully saturated rings. The molecule has 7 heteroatoms. The van der Waals surface area contributed by atoms with Gasteiger partial charge in [-0.25, -0.2) is 4.39 Å². The Morgan fingerprint density at radius 3 is 2.46 bits per heavy atom. The van der Waals surface area contributed by atoms with Gasteiger partial charge in [0.1, 0.15) is 6.61 Å².